The van der Waals surface area contributed by atoms with Gasteiger partial charge in [-0.15, -0.1) is 11.3 Å². The lowest BCUT2D eigenvalue weighted by atomic mass is 9.83. The van der Waals surface area contributed by atoms with Crippen molar-refractivity contribution in [2.24, 2.45) is 5.41 Å². The summed E-state index contributed by atoms with van der Waals surface area (Å²) in [6, 6.07) is 0. The molecule has 2 aromatic rings. The van der Waals surface area contributed by atoms with Crippen LogP contribution in [0.2, 0.25) is 0 Å². The van der Waals surface area contributed by atoms with Crippen molar-refractivity contribution in [3.8, 4) is 0 Å². The molecule has 0 amide bonds. The molecular weight excluding hydrogens is 230 g/mol. The van der Waals surface area contributed by atoms with E-state index in [0.717, 1.165) is 24.5 Å². The van der Waals surface area contributed by atoms with Crippen molar-refractivity contribution < 1.29 is 0 Å². The molecule has 2 rings (SSSR count). The highest BCUT2D eigenvalue weighted by Crippen LogP contribution is 2.26. The van der Waals surface area contributed by atoms with E-state index in [1.165, 1.54) is 12.1 Å². The molecule has 2 heterocycles. The summed E-state index contributed by atoms with van der Waals surface area (Å²) in [5.74, 6) is 0. The van der Waals surface area contributed by atoms with Crippen LogP contribution in [0.25, 0.3) is 4.96 Å². The number of aromatic nitrogens is 2. The molecule has 0 spiro atoms. The van der Waals surface area contributed by atoms with Gasteiger partial charge in [-0.3, -0.25) is 4.40 Å². The van der Waals surface area contributed by atoms with Crippen LogP contribution < -0.4 is 5.32 Å². The van der Waals surface area contributed by atoms with Gasteiger partial charge in [0.25, 0.3) is 0 Å². The van der Waals surface area contributed by atoms with Crippen LogP contribution in [0.3, 0.4) is 0 Å². The molecule has 0 aromatic carbocycles. The van der Waals surface area contributed by atoms with E-state index in [0.29, 0.717) is 5.41 Å². The Morgan fingerprint density at radius 3 is 2.94 bits per heavy atom. The molecule has 2 aromatic heterocycles. The molecule has 1 N–H and O–H groups in total. The maximum atomic E-state index is 4.67. The normalized spacial score (nSPS) is 15.2. The van der Waals surface area contributed by atoms with Gasteiger partial charge in [0.2, 0.25) is 0 Å². The maximum absolute atomic E-state index is 4.67. The van der Waals surface area contributed by atoms with Gasteiger partial charge >= 0.3 is 0 Å². The third-order valence-electron chi connectivity index (χ3n) is 3.41. The lowest BCUT2D eigenvalue weighted by molar-refractivity contribution is 0.290. The standard InChI is InChI=1S/C13H21N3S/c1-4-13(3,10-14-5-2)8-11-9-16-6-7-17-12(16)15-11/h6-7,9,14H,4-5,8,10H2,1-3H3. The van der Waals surface area contributed by atoms with E-state index >= 15 is 0 Å². The summed E-state index contributed by atoms with van der Waals surface area (Å²) >= 11 is 1.70. The molecular formula is C13H21N3S. The van der Waals surface area contributed by atoms with E-state index in [9.17, 15) is 0 Å². The second-order valence-electron chi connectivity index (χ2n) is 4.95. The van der Waals surface area contributed by atoms with Crippen LogP contribution >= 0.6 is 11.3 Å². The Morgan fingerprint density at radius 1 is 1.47 bits per heavy atom. The predicted octanol–water partition coefficient (Wildman–Crippen LogP) is 2.96. The molecule has 0 aliphatic rings. The summed E-state index contributed by atoms with van der Waals surface area (Å²) in [5, 5.41) is 5.53. The fourth-order valence-corrected chi connectivity index (χ4v) is 2.76. The number of nitrogens with zero attached hydrogens (tertiary/aromatic N) is 2. The van der Waals surface area contributed by atoms with E-state index in [-0.39, 0.29) is 0 Å². The minimum Gasteiger partial charge on any atom is -0.316 e. The second kappa shape index (κ2) is 5.19. The van der Waals surface area contributed by atoms with Gasteiger partial charge in [-0.1, -0.05) is 20.8 Å². The van der Waals surface area contributed by atoms with Gasteiger partial charge in [0.15, 0.2) is 4.96 Å². The quantitative estimate of drug-likeness (QED) is 0.855. The van der Waals surface area contributed by atoms with Gasteiger partial charge < -0.3 is 5.32 Å². The molecule has 94 valence electrons. The molecule has 0 radical (unpaired) electrons. The Labute approximate surface area is 107 Å². The van der Waals surface area contributed by atoms with Gasteiger partial charge in [0, 0.05) is 24.3 Å². The zero-order valence-electron chi connectivity index (χ0n) is 10.9. The average Bonchev–Trinajstić information content (AvgIpc) is 2.87. The lowest BCUT2D eigenvalue weighted by Crippen LogP contribution is -2.33. The zero-order valence-corrected chi connectivity index (χ0v) is 11.7. The minimum atomic E-state index is 0.306. The SMILES string of the molecule is CCNCC(C)(CC)Cc1cn2ccsc2n1. The predicted molar refractivity (Wildman–Crippen MR) is 73.7 cm³/mol. The van der Waals surface area contributed by atoms with Gasteiger partial charge in [-0.05, 0) is 24.8 Å². The average molecular weight is 251 g/mol. The Bertz CT molecular complexity index is 445. The van der Waals surface area contributed by atoms with E-state index in [1.54, 1.807) is 11.3 Å². The number of nitrogens with one attached hydrogen (secondary N) is 1. The third kappa shape index (κ3) is 2.87. The molecule has 4 heteroatoms. The van der Waals surface area contributed by atoms with Crippen LogP contribution in [0.15, 0.2) is 17.8 Å². The number of hydrogen-bond donors (Lipinski definition) is 1. The molecule has 3 nitrogen and oxygen atoms in total. The van der Waals surface area contributed by atoms with Crippen LogP contribution in [-0.4, -0.2) is 22.5 Å². The van der Waals surface area contributed by atoms with Gasteiger partial charge in [-0.25, -0.2) is 4.98 Å². The third-order valence-corrected chi connectivity index (χ3v) is 4.18. The van der Waals surface area contributed by atoms with Gasteiger partial charge in [0.1, 0.15) is 0 Å². The van der Waals surface area contributed by atoms with Crippen molar-refractivity contribution in [3.63, 3.8) is 0 Å². The molecule has 0 fully saturated rings. The smallest absolute Gasteiger partial charge is 0.193 e. The number of fused-ring (bicyclic) bond motifs is 1. The van der Waals surface area contributed by atoms with Crippen LogP contribution in [0, 0.1) is 5.41 Å². The Kier molecular flexibility index (Phi) is 3.84. The van der Waals surface area contributed by atoms with E-state index in [4.69, 9.17) is 0 Å². The Morgan fingerprint density at radius 2 is 2.29 bits per heavy atom. The van der Waals surface area contributed by atoms with Crippen LogP contribution in [-0.2, 0) is 6.42 Å². The van der Waals surface area contributed by atoms with Crippen molar-refractivity contribution in [2.75, 3.05) is 13.1 Å². The summed E-state index contributed by atoms with van der Waals surface area (Å²) in [6.07, 6.45) is 6.45. The summed E-state index contributed by atoms with van der Waals surface area (Å²) in [6.45, 7) is 8.85. The van der Waals surface area contributed by atoms with Crippen LogP contribution in [0.1, 0.15) is 32.9 Å². The highest BCUT2D eigenvalue weighted by atomic mass is 32.1. The molecule has 0 aliphatic heterocycles. The number of hydrogen-bond acceptors (Lipinski definition) is 3. The summed E-state index contributed by atoms with van der Waals surface area (Å²) < 4.78 is 2.11. The van der Waals surface area contributed by atoms with E-state index < -0.39 is 0 Å². The Balaban J connectivity index is 2.09. The van der Waals surface area contributed by atoms with Crippen molar-refractivity contribution >= 4 is 16.3 Å². The number of imidazole rings is 1. The Hall–Kier alpha value is -0.870. The highest BCUT2D eigenvalue weighted by Gasteiger charge is 2.23. The monoisotopic (exact) mass is 251 g/mol. The first-order valence-corrected chi connectivity index (χ1v) is 7.16. The molecule has 0 aliphatic carbocycles. The first kappa shape index (κ1) is 12.6. The molecule has 0 saturated carbocycles. The number of rotatable bonds is 6. The summed E-state index contributed by atoms with van der Waals surface area (Å²) in [7, 11) is 0. The second-order valence-corrected chi connectivity index (χ2v) is 5.82. The van der Waals surface area contributed by atoms with Crippen LogP contribution in [0.4, 0.5) is 0 Å². The highest BCUT2D eigenvalue weighted by molar-refractivity contribution is 7.15. The molecule has 1 atom stereocenters. The fourth-order valence-electron chi connectivity index (χ4n) is 2.04. The molecule has 17 heavy (non-hydrogen) atoms. The lowest BCUT2D eigenvalue weighted by Gasteiger charge is -2.27. The van der Waals surface area contributed by atoms with E-state index in [1.807, 2.05) is 0 Å². The fraction of sp³-hybridized carbons (Fsp3) is 0.615. The maximum Gasteiger partial charge on any atom is 0.193 e. The van der Waals surface area contributed by atoms with Gasteiger partial charge in [-0.2, -0.15) is 0 Å². The van der Waals surface area contributed by atoms with E-state index in [2.05, 4.69) is 53.2 Å². The summed E-state index contributed by atoms with van der Waals surface area (Å²) in [5.41, 5.74) is 1.51. The van der Waals surface area contributed by atoms with Crippen molar-refractivity contribution in [1.29, 1.82) is 0 Å². The molecule has 0 bridgehead atoms. The zero-order chi connectivity index (χ0) is 12.3. The summed E-state index contributed by atoms with van der Waals surface area (Å²) in [4.78, 5) is 5.77. The molecule has 0 saturated heterocycles. The van der Waals surface area contributed by atoms with Crippen molar-refractivity contribution in [1.82, 2.24) is 14.7 Å². The molecule has 1 unspecified atom stereocenters. The van der Waals surface area contributed by atoms with Gasteiger partial charge in [0.05, 0.1) is 5.69 Å². The van der Waals surface area contributed by atoms with Crippen molar-refractivity contribution in [2.45, 2.75) is 33.6 Å². The largest absolute Gasteiger partial charge is 0.316 e. The minimum absolute atomic E-state index is 0.306. The first-order valence-electron chi connectivity index (χ1n) is 6.28. The van der Waals surface area contributed by atoms with Crippen molar-refractivity contribution in [3.05, 3.63) is 23.5 Å². The number of thiazole rings is 1. The van der Waals surface area contributed by atoms with Crippen LogP contribution in [0.5, 0.6) is 0 Å². The first-order chi connectivity index (χ1) is 8.17. The topological polar surface area (TPSA) is 29.3 Å².